The summed E-state index contributed by atoms with van der Waals surface area (Å²) in [5.41, 5.74) is 2.70. The Morgan fingerprint density at radius 3 is 2.75 bits per heavy atom. The minimum atomic E-state index is 0.433. The van der Waals surface area contributed by atoms with Crippen LogP contribution in [0, 0.1) is 6.92 Å². The van der Waals surface area contributed by atoms with Crippen molar-refractivity contribution >= 4 is 0 Å². The summed E-state index contributed by atoms with van der Waals surface area (Å²) < 4.78 is 5.28. The van der Waals surface area contributed by atoms with E-state index in [0.717, 1.165) is 12.8 Å². The first-order valence-corrected chi connectivity index (χ1v) is 6.04. The van der Waals surface area contributed by atoms with Crippen LogP contribution in [0.2, 0.25) is 0 Å². The second-order valence-corrected chi connectivity index (χ2v) is 4.83. The zero-order valence-electron chi connectivity index (χ0n) is 10.4. The van der Waals surface area contributed by atoms with Crippen LogP contribution >= 0.6 is 0 Å². The molecule has 1 atom stereocenters. The summed E-state index contributed by atoms with van der Waals surface area (Å²) >= 11 is 0. The molecule has 1 fully saturated rings. The SMILES string of the molecule is COC1CC(NC(C)c2cccc(C)c2)C1. The molecule has 0 bridgehead atoms. The van der Waals surface area contributed by atoms with E-state index >= 15 is 0 Å². The van der Waals surface area contributed by atoms with Crippen LogP contribution in [-0.4, -0.2) is 19.3 Å². The van der Waals surface area contributed by atoms with Crippen molar-refractivity contribution in [1.29, 1.82) is 0 Å². The van der Waals surface area contributed by atoms with Gasteiger partial charge in [0.1, 0.15) is 0 Å². The predicted molar refractivity (Wildman–Crippen MR) is 66.5 cm³/mol. The summed E-state index contributed by atoms with van der Waals surface area (Å²) in [6.07, 6.45) is 2.77. The van der Waals surface area contributed by atoms with Gasteiger partial charge in [0.05, 0.1) is 6.10 Å². The highest BCUT2D eigenvalue weighted by atomic mass is 16.5. The summed E-state index contributed by atoms with van der Waals surface area (Å²) in [6.45, 7) is 4.37. The molecule has 0 saturated heterocycles. The largest absolute Gasteiger partial charge is 0.381 e. The van der Waals surface area contributed by atoms with Crippen LogP contribution in [0.25, 0.3) is 0 Å². The van der Waals surface area contributed by atoms with E-state index in [-0.39, 0.29) is 0 Å². The molecule has 0 aliphatic heterocycles. The highest BCUT2D eigenvalue weighted by Crippen LogP contribution is 2.25. The van der Waals surface area contributed by atoms with Crippen LogP contribution in [0.15, 0.2) is 24.3 Å². The smallest absolute Gasteiger partial charge is 0.0601 e. The summed E-state index contributed by atoms with van der Waals surface area (Å²) in [4.78, 5) is 0. The fourth-order valence-electron chi connectivity index (χ4n) is 2.28. The molecule has 88 valence electrons. The van der Waals surface area contributed by atoms with Crippen LogP contribution in [0.3, 0.4) is 0 Å². The van der Waals surface area contributed by atoms with Crippen LogP contribution in [0.1, 0.15) is 36.9 Å². The number of hydrogen-bond donors (Lipinski definition) is 1. The number of nitrogens with one attached hydrogen (secondary N) is 1. The molecule has 0 heterocycles. The number of methoxy groups -OCH3 is 1. The number of ether oxygens (including phenoxy) is 1. The van der Waals surface area contributed by atoms with E-state index in [1.807, 2.05) is 0 Å². The van der Waals surface area contributed by atoms with E-state index in [9.17, 15) is 0 Å². The van der Waals surface area contributed by atoms with Gasteiger partial charge in [-0.3, -0.25) is 0 Å². The van der Waals surface area contributed by atoms with Gasteiger partial charge in [0.25, 0.3) is 0 Å². The molecule has 1 N–H and O–H groups in total. The molecule has 0 spiro atoms. The standard InChI is InChI=1S/C14H21NO/c1-10-5-4-6-12(7-10)11(2)15-13-8-14(9-13)16-3/h4-7,11,13-15H,8-9H2,1-3H3. The predicted octanol–water partition coefficient (Wildman–Crippen LogP) is 2.82. The van der Waals surface area contributed by atoms with Gasteiger partial charge in [0, 0.05) is 19.2 Å². The van der Waals surface area contributed by atoms with Crippen molar-refractivity contribution in [2.24, 2.45) is 0 Å². The van der Waals surface area contributed by atoms with Gasteiger partial charge >= 0.3 is 0 Å². The van der Waals surface area contributed by atoms with E-state index in [0.29, 0.717) is 18.2 Å². The normalized spacial score (nSPS) is 26.2. The van der Waals surface area contributed by atoms with Gasteiger partial charge in [-0.2, -0.15) is 0 Å². The molecule has 2 heteroatoms. The Labute approximate surface area is 98.0 Å². The van der Waals surface area contributed by atoms with Crippen molar-refractivity contribution < 1.29 is 4.74 Å². The molecule has 2 nitrogen and oxygen atoms in total. The van der Waals surface area contributed by atoms with Gasteiger partial charge in [-0.05, 0) is 32.3 Å². The fraction of sp³-hybridized carbons (Fsp3) is 0.571. The fourth-order valence-corrected chi connectivity index (χ4v) is 2.28. The lowest BCUT2D eigenvalue weighted by atomic mass is 9.88. The minimum absolute atomic E-state index is 0.433. The molecule has 1 aromatic rings. The Morgan fingerprint density at radius 1 is 1.38 bits per heavy atom. The van der Waals surface area contributed by atoms with Crippen LogP contribution < -0.4 is 5.32 Å². The molecule has 0 radical (unpaired) electrons. The topological polar surface area (TPSA) is 21.3 Å². The van der Waals surface area contributed by atoms with Crippen molar-refractivity contribution in [1.82, 2.24) is 5.32 Å². The van der Waals surface area contributed by atoms with E-state index in [1.165, 1.54) is 11.1 Å². The summed E-state index contributed by atoms with van der Waals surface area (Å²) in [5.74, 6) is 0. The lowest BCUT2D eigenvalue weighted by molar-refractivity contribution is 0.0147. The van der Waals surface area contributed by atoms with Gasteiger partial charge in [0.2, 0.25) is 0 Å². The summed E-state index contributed by atoms with van der Waals surface area (Å²) in [5, 5.41) is 3.64. The number of benzene rings is 1. The maximum atomic E-state index is 5.28. The second kappa shape index (κ2) is 4.98. The molecule has 16 heavy (non-hydrogen) atoms. The summed E-state index contributed by atoms with van der Waals surface area (Å²) in [6, 6.07) is 9.77. The second-order valence-electron chi connectivity index (χ2n) is 4.83. The lowest BCUT2D eigenvalue weighted by Gasteiger charge is -2.36. The van der Waals surface area contributed by atoms with Gasteiger partial charge < -0.3 is 10.1 Å². The van der Waals surface area contributed by atoms with Crippen LogP contribution in [0.5, 0.6) is 0 Å². The van der Waals surface area contributed by atoms with E-state index < -0.39 is 0 Å². The number of hydrogen-bond acceptors (Lipinski definition) is 2. The molecule has 0 aromatic heterocycles. The Morgan fingerprint density at radius 2 is 2.12 bits per heavy atom. The Bertz CT molecular complexity index is 344. The van der Waals surface area contributed by atoms with Crippen LogP contribution in [-0.2, 0) is 4.74 Å². The maximum absolute atomic E-state index is 5.28. The van der Waals surface area contributed by atoms with Crippen molar-refractivity contribution in [2.75, 3.05) is 7.11 Å². The molecule has 1 aliphatic rings. The first-order valence-electron chi connectivity index (χ1n) is 6.04. The van der Waals surface area contributed by atoms with Crippen molar-refractivity contribution in [3.63, 3.8) is 0 Å². The molecule has 1 saturated carbocycles. The Balaban J connectivity index is 1.87. The lowest BCUT2D eigenvalue weighted by Crippen LogP contribution is -2.45. The van der Waals surface area contributed by atoms with E-state index in [2.05, 4.69) is 43.4 Å². The third-order valence-corrected chi connectivity index (χ3v) is 3.46. The molecular formula is C14H21NO. The number of rotatable bonds is 4. The van der Waals surface area contributed by atoms with Gasteiger partial charge in [-0.15, -0.1) is 0 Å². The molecule has 1 unspecified atom stereocenters. The van der Waals surface area contributed by atoms with Crippen LogP contribution in [0.4, 0.5) is 0 Å². The Hall–Kier alpha value is -0.860. The van der Waals surface area contributed by atoms with E-state index in [1.54, 1.807) is 7.11 Å². The first kappa shape index (κ1) is 11.6. The number of aryl methyl sites for hydroxylation is 1. The third kappa shape index (κ3) is 2.63. The highest BCUT2D eigenvalue weighted by Gasteiger charge is 2.29. The van der Waals surface area contributed by atoms with Gasteiger partial charge in [0.15, 0.2) is 0 Å². The van der Waals surface area contributed by atoms with Crippen molar-refractivity contribution in [3.05, 3.63) is 35.4 Å². The summed E-state index contributed by atoms with van der Waals surface area (Å²) in [7, 11) is 1.80. The Kier molecular flexibility index (Phi) is 3.62. The highest BCUT2D eigenvalue weighted by molar-refractivity contribution is 5.24. The van der Waals surface area contributed by atoms with Gasteiger partial charge in [-0.25, -0.2) is 0 Å². The molecular weight excluding hydrogens is 198 g/mol. The first-order chi connectivity index (χ1) is 7.69. The monoisotopic (exact) mass is 219 g/mol. The maximum Gasteiger partial charge on any atom is 0.0601 e. The molecule has 1 aliphatic carbocycles. The quantitative estimate of drug-likeness (QED) is 0.840. The van der Waals surface area contributed by atoms with Gasteiger partial charge in [-0.1, -0.05) is 29.8 Å². The third-order valence-electron chi connectivity index (χ3n) is 3.46. The molecule has 2 rings (SSSR count). The average molecular weight is 219 g/mol. The zero-order chi connectivity index (χ0) is 11.5. The van der Waals surface area contributed by atoms with E-state index in [4.69, 9.17) is 4.74 Å². The van der Waals surface area contributed by atoms with Crippen molar-refractivity contribution in [3.8, 4) is 0 Å². The van der Waals surface area contributed by atoms with Crippen molar-refractivity contribution in [2.45, 2.75) is 44.9 Å². The minimum Gasteiger partial charge on any atom is -0.381 e. The molecule has 0 amide bonds. The average Bonchev–Trinajstić information content (AvgIpc) is 2.22. The zero-order valence-corrected chi connectivity index (χ0v) is 10.4. The molecule has 1 aromatic carbocycles.